The maximum absolute atomic E-state index is 13.6. The summed E-state index contributed by atoms with van der Waals surface area (Å²) in [6, 6.07) is 53.2. The van der Waals surface area contributed by atoms with E-state index < -0.39 is 63.8 Å². The third-order valence-electron chi connectivity index (χ3n) is 21.7. The molecule has 0 bridgehead atoms. The number of aliphatic hydroxyl groups excluding tert-OH is 3. The van der Waals surface area contributed by atoms with Crippen molar-refractivity contribution in [2.75, 3.05) is 76.7 Å². The van der Waals surface area contributed by atoms with Gasteiger partial charge >= 0.3 is 0 Å². The molecule has 3 aliphatic carbocycles. The average molecular weight is 1350 g/mol. The number of fused-ring (bicyclic) bond motifs is 9. The van der Waals surface area contributed by atoms with Gasteiger partial charge in [-0.15, -0.1) is 0 Å². The maximum atomic E-state index is 13.6. The van der Waals surface area contributed by atoms with Crippen LogP contribution in [0.15, 0.2) is 201 Å². The molecular formula is C81H88N6O13. The fourth-order valence-electron chi connectivity index (χ4n) is 17.7. The molecular weight excluding hydrogens is 1260 g/mol. The molecule has 100 heavy (non-hydrogen) atoms. The average Bonchev–Trinajstić information content (AvgIpc) is 1.51. The summed E-state index contributed by atoms with van der Waals surface area (Å²) in [5.74, 6) is -0.980. The predicted molar refractivity (Wildman–Crippen MR) is 376 cm³/mol. The number of rotatable bonds is 14. The molecule has 3 aliphatic heterocycles. The van der Waals surface area contributed by atoms with Gasteiger partial charge in [-0.1, -0.05) is 180 Å². The third-order valence-corrected chi connectivity index (χ3v) is 21.7. The lowest BCUT2D eigenvalue weighted by Crippen LogP contribution is -2.52. The number of carbonyl (C=O) groups is 1. The van der Waals surface area contributed by atoms with Crippen LogP contribution in [-0.4, -0.2) is 161 Å². The van der Waals surface area contributed by atoms with Gasteiger partial charge in [0.25, 0.3) is 0 Å². The summed E-state index contributed by atoms with van der Waals surface area (Å²) in [5, 5.41) is 73.6. The minimum absolute atomic E-state index is 0.290. The SMILES string of the molecule is COc1cncc2c1[C@]1(O)[C@H](O)[C@H](C(=O)N(C)C)[C@@H](c3ccccc3)[C@]1(c1ccc(C)cc1)O2.COc1cncc2c1[C@]1(O)[C@H](O)[C@H](CN(C)C)[C@@H](c3ccccc3)[C@]1(c1ccc(C)cc1)O2.COc1cncc2c1[C@]1(O)[C@H](O)[C@H](CN(C)C)[C@@H](c3ccccc3)[C@]1(c1ccc(C)cc1)O2. The van der Waals surface area contributed by atoms with Crippen molar-refractivity contribution in [2.45, 2.75) is 90.4 Å². The van der Waals surface area contributed by atoms with E-state index in [0.717, 1.165) is 44.5 Å². The number of hydrogen-bond acceptors (Lipinski definition) is 18. The van der Waals surface area contributed by atoms with Crippen LogP contribution in [0.25, 0.3) is 0 Å². The van der Waals surface area contributed by atoms with Crippen molar-refractivity contribution in [3.05, 3.63) is 268 Å². The number of aromatic nitrogens is 3. The van der Waals surface area contributed by atoms with E-state index in [1.165, 1.54) is 24.4 Å². The molecule has 6 aromatic carbocycles. The molecule has 3 saturated carbocycles. The summed E-state index contributed by atoms with van der Waals surface area (Å²) in [4.78, 5) is 31.8. The lowest BCUT2D eigenvalue weighted by molar-refractivity contribution is -0.156. The Bertz CT molecular complexity index is 4240. The predicted octanol–water partition coefficient (Wildman–Crippen LogP) is 9.16. The number of ether oxygens (including phenoxy) is 6. The molecule has 0 saturated heterocycles. The number of amides is 1. The van der Waals surface area contributed by atoms with E-state index in [1.807, 2.05) is 223 Å². The monoisotopic (exact) mass is 1350 g/mol. The van der Waals surface area contributed by atoms with E-state index in [4.69, 9.17) is 28.4 Å². The fraction of sp³-hybridized carbons (Fsp3) is 0.358. The van der Waals surface area contributed by atoms with Gasteiger partial charge in [0.2, 0.25) is 5.91 Å². The van der Waals surface area contributed by atoms with Gasteiger partial charge in [-0.05, 0) is 82.3 Å². The summed E-state index contributed by atoms with van der Waals surface area (Å²) in [7, 11) is 15.8. The number of benzene rings is 6. The molecule has 15 atom stereocenters. The first-order valence-electron chi connectivity index (χ1n) is 33.7. The molecule has 19 heteroatoms. The van der Waals surface area contributed by atoms with Crippen LogP contribution in [0.1, 0.15) is 84.5 Å². The van der Waals surface area contributed by atoms with Crippen molar-refractivity contribution in [1.82, 2.24) is 29.7 Å². The Morgan fingerprint density at radius 3 is 0.970 bits per heavy atom. The minimum Gasteiger partial charge on any atom is -0.495 e. The van der Waals surface area contributed by atoms with Crippen LogP contribution in [0.5, 0.6) is 34.5 Å². The molecule has 1 amide bonds. The summed E-state index contributed by atoms with van der Waals surface area (Å²) >= 11 is 0. The highest BCUT2D eigenvalue weighted by molar-refractivity contribution is 5.83. The van der Waals surface area contributed by atoms with Crippen LogP contribution in [0.2, 0.25) is 0 Å². The van der Waals surface area contributed by atoms with E-state index >= 15 is 0 Å². The molecule has 19 nitrogen and oxygen atoms in total. The number of pyridine rings is 3. The first-order valence-corrected chi connectivity index (χ1v) is 33.7. The second kappa shape index (κ2) is 26.3. The topological polar surface area (TPSA) is 242 Å². The van der Waals surface area contributed by atoms with Crippen molar-refractivity contribution in [3.63, 3.8) is 0 Å². The molecule has 9 aromatic rings. The molecule has 3 aromatic heterocycles. The third kappa shape index (κ3) is 10.2. The number of methoxy groups -OCH3 is 3. The number of carbonyl (C=O) groups excluding carboxylic acids is 1. The van der Waals surface area contributed by atoms with Gasteiger partial charge < -0.3 is 73.8 Å². The second-order valence-corrected chi connectivity index (χ2v) is 28.2. The highest BCUT2D eigenvalue weighted by atomic mass is 16.6. The van der Waals surface area contributed by atoms with Gasteiger partial charge in [0.15, 0.2) is 33.6 Å². The van der Waals surface area contributed by atoms with Gasteiger partial charge in [0, 0.05) is 56.8 Å². The molecule has 15 rings (SSSR count). The minimum atomic E-state index is -1.98. The Labute approximate surface area is 583 Å². The number of nitrogens with zero attached hydrogens (tertiary/aromatic N) is 6. The summed E-state index contributed by atoms with van der Waals surface area (Å²) < 4.78 is 37.0. The Kier molecular flexibility index (Phi) is 18.2. The Morgan fingerprint density at radius 1 is 0.410 bits per heavy atom. The first-order chi connectivity index (χ1) is 47.9. The largest absolute Gasteiger partial charge is 0.495 e. The van der Waals surface area contributed by atoms with E-state index in [-0.39, 0.29) is 35.3 Å². The van der Waals surface area contributed by atoms with E-state index in [9.17, 15) is 35.4 Å². The summed E-state index contributed by atoms with van der Waals surface area (Å²) in [6.07, 6.45) is 5.63. The molecule has 520 valence electrons. The molecule has 0 spiro atoms. The van der Waals surface area contributed by atoms with E-state index in [0.29, 0.717) is 64.1 Å². The highest BCUT2D eigenvalue weighted by Gasteiger charge is 2.80. The quantitative estimate of drug-likeness (QED) is 0.0594. The van der Waals surface area contributed by atoms with Gasteiger partial charge in [0.05, 0.1) is 93.3 Å². The number of hydrogen-bond donors (Lipinski definition) is 6. The van der Waals surface area contributed by atoms with Crippen LogP contribution < -0.4 is 28.4 Å². The van der Waals surface area contributed by atoms with Gasteiger partial charge in [-0.2, -0.15) is 0 Å². The molecule has 6 N–H and O–H groups in total. The molecule has 3 fully saturated rings. The van der Waals surface area contributed by atoms with Gasteiger partial charge in [-0.25, -0.2) is 0 Å². The summed E-state index contributed by atoms with van der Waals surface area (Å²) in [5.41, 5.74) is -0.000948. The number of aryl methyl sites for hydroxylation is 3. The van der Waals surface area contributed by atoms with Gasteiger partial charge in [0.1, 0.15) is 40.6 Å². The molecule has 0 unspecified atom stereocenters. The van der Waals surface area contributed by atoms with Crippen LogP contribution >= 0.6 is 0 Å². The van der Waals surface area contributed by atoms with Crippen molar-refractivity contribution in [1.29, 1.82) is 0 Å². The van der Waals surface area contributed by atoms with Crippen molar-refractivity contribution in [2.24, 2.45) is 17.8 Å². The van der Waals surface area contributed by atoms with E-state index in [2.05, 4.69) is 15.0 Å². The zero-order valence-electron chi connectivity index (χ0n) is 58.4. The highest BCUT2D eigenvalue weighted by Crippen LogP contribution is 2.73. The van der Waals surface area contributed by atoms with Crippen LogP contribution in [0.4, 0.5) is 0 Å². The second-order valence-electron chi connectivity index (χ2n) is 28.2. The lowest BCUT2D eigenvalue weighted by Gasteiger charge is -2.41. The smallest absolute Gasteiger partial charge is 0.228 e. The zero-order chi connectivity index (χ0) is 71.0. The van der Waals surface area contributed by atoms with Crippen LogP contribution in [0.3, 0.4) is 0 Å². The van der Waals surface area contributed by atoms with Crippen molar-refractivity contribution >= 4 is 5.91 Å². The Balaban J connectivity index is 0.000000134. The molecule has 6 aliphatic rings. The van der Waals surface area contributed by atoms with Crippen LogP contribution in [-0.2, 0) is 38.4 Å². The lowest BCUT2D eigenvalue weighted by atomic mass is 9.70. The standard InChI is InChI=1S/C27H28N2O5.2C27H30N2O4/c1-16-10-12-18(13-11-16)27-22(17-8-6-5-7-9-17)21(25(31)29(2)3)24(30)26(27,32)23-19(33-4)14-28-15-20(23)34-27;2*1-17-10-12-19(13-11-17)27-23(18-8-6-5-7-9-18)20(16-29(2)3)25(30)26(27,31)24-21(32-4)14-28-15-22(24)33-27/h5-15,21-22,24,30,32H,1-4H3;2*5-15,20,23,25,30-31H,16H2,1-4H3/t21-,22-,24-,26+,27+;2*20-,23-,25-,26+,27+/m111/s1. The zero-order valence-corrected chi connectivity index (χ0v) is 58.4. The molecule has 6 heterocycles. The van der Waals surface area contributed by atoms with Gasteiger partial charge in [-0.3, -0.25) is 19.7 Å². The normalized spacial score (nSPS) is 29.8. The molecule has 0 radical (unpaired) electrons. The van der Waals surface area contributed by atoms with Crippen molar-refractivity contribution < 1.29 is 63.9 Å². The fourth-order valence-corrected chi connectivity index (χ4v) is 17.7. The maximum Gasteiger partial charge on any atom is 0.228 e. The van der Waals surface area contributed by atoms with Crippen molar-refractivity contribution in [3.8, 4) is 34.5 Å². The summed E-state index contributed by atoms with van der Waals surface area (Å²) in [6.45, 7) is 7.17. The Hall–Kier alpha value is -9.28. The van der Waals surface area contributed by atoms with Crippen LogP contribution in [0, 0.1) is 38.5 Å². The first kappa shape index (κ1) is 69.2. The Morgan fingerprint density at radius 2 is 0.690 bits per heavy atom. The number of aliphatic hydroxyl groups is 6. The van der Waals surface area contributed by atoms with E-state index in [1.54, 1.807) is 53.1 Å².